The van der Waals surface area contributed by atoms with E-state index in [1.165, 1.54) is 11.8 Å². The van der Waals surface area contributed by atoms with Crippen LogP contribution < -0.4 is 15.5 Å². The molecule has 0 radical (unpaired) electrons. The van der Waals surface area contributed by atoms with E-state index < -0.39 is 5.25 Å². The summed E-state index contributed by atoms with van der Waals surface area (Å²) in [7, 11) is 1.61. The zero-order chi connectivity index (χ0) is 20.4. The van der Waals surface area contributed by atoms with Crippen LogP contribution in [0.2, 0.25) is 5.02 Å². The Kier molecular flexibility index (Phi) is 5.64. The van der Waals surface area contributed by atoms with Crippen molar-refractivity contribution < 1.29 is 9.53 Å². The largest absolute Gasteiger partial charge is 0.497 e. The molecule has 1 aromatic heterocycles. The van der Waals surface area contributed by atoms with Crippen molar-refractivity contribution in [2.75, 3.05) is 17.9 Å². The molecule has 4 rings (SSSR count). The van der Waals surface area contributed by atoms with E-state index in [2.05, 4.69) is 20.9 Å². The average molecular weight is 430 g/mol. The van der Waals surface area contributed by atoms with Gasteiger partial charge in [0.15, 0.2) is 5.82 Å². The third-order valence-corrected chi connectivity index (χ3v) is 6.13. The molecule has 0 bridgehead atoms. The van der Waals surface area contributed by atoms with Crippen LogP contribution in [0, 0.1) is 0 Å². The van der Waals surface area contributed by atoms with Crippen molar-refractivity contribution in [2.45, 2.75) is 29.8 Å². The minimum absolute atomic E-state index is 0.125. The first kappa shape index (κ1) is 19.6. The van der Waals surface area contributed by atoms with Crippen molar-refractivity contribution in [3.63, 3.8) is 0 Å². The van der Waals surface area contributed by atoms with Crippen LogP contribution in [0.15, 0.2) is 53.7 Å². The molecule has 3 aromatic rings. The van der Waals surface area contributed by atoms with Gasteiger partial charge in [-0.05, 0) is 42.0 Å². The lowest BCUT2D eigenvalue weighted by atomic mass is 10.0. The van der Waals surface area contributed by atoms with Gasteiger partial charge in [-0.25, -0.2) is 4.68 Å². The molecule has 1 amide bonds. The van der Waals surface area contributed by atoms with Gasteiger partial charge in [0.2, 0.25) is 11.1 Å². The van der Waals surface area contributed by atoms with Crippen molar-refractivity contribution in [1.29, 1.82) is 0 Å². The predicted molar refractivity (Wildman–Crippen MR) is 114 cm³/mol. The Balaban J connectivity index is 1.63. The average Bonchev–Trinajstić information content (AvgIpc) is 3.16. The lowest BCUT2D eigenvalue weighted by molar-refractivity contribution is -0.116. The summed E-state index contributed by atoms with van der Waals surface area (Å²) in [6.07, 6.45) is 0.733. The smallest absolute Gasteiger partial charge is 0.240 e. The number of methoxy groups -OCH3 is 1. The molecule has 2 aromatic carbocycles. The predicted octanol–water partition coefficient (Wildman–Crippen LogP) is 3.90. The first-order chi connectivity index (χ1) is 14.1. The van der Waals surface area contributed by atoms with Gasteiger partial charge >= 0.3 is 0 Å². The number of amides is 1. The molecule has 0 aliphatic carbocycles. The number of carbonyl (C=O) groups excluding carboxylic acids is 1. The molecular formula is C20H20ClN5O2S. The first-order valence-corrected chi connectivity index (χ1v) is 10.4. The number of aryl methyl sites for hydroxylation is 1. The van der Waals surface area contributed by atoms with Gasteiger partial charge in [-0.15, -0.1) is 10.2 Å². The van der Waals surface area contributed by atoms with Gasteiger partial charge in [-0.1, -0.05) is 42.4 Å². The van der Waals surface area contributed by atoms with Gasteiger partial charge in [0.05, 0.1) is 13.2 Å². The zero-order valence-electron chi connectivity index (χ0n) is 15.9. The summed E-state index contributed by atoms with van der Waals surface area (Å²) >= 11 is 7.44. The maximum absolute atomic E-state index is 13.2. The molecule has 0 saturated carbocycles. The third kappa shape index (κ3) is 4.04. The second kappa shape index (κ2) is 8.34. The number of thioether (sulfide) groups is 1. The first-order valence-electron chi connectivity index (χ1n) is 9.17. The number of hydrogen-bond acceptors (Lipinski definition) is 6. The molecule has 2 atom stereocenters. The minimum atomic E-state index is -0.445. The summed E-state index contributed by atoms with van der Waals surface area (Å²) in [5, 5.41) is 12.3. The highest BCUT2D eigenvalue weighted by atomic mass is 35.5. The summed E-state index contributed by atoms with van der Waals surface area (Å²) in [4.78, 5) is 13.2. The number of ether oxygens (including phenoxy) is 1. The fourth-order valence-corrected chi connectivity index (χ4v) is 4.36. The van der Waals surface area contributed by atoms with Crippen LogP contribution in [-0.4, -0.2) is 33.1 Å². The van der Waals surface area contributed by atoms with Crippen molar-refractivity contribution in [2.24, 2.45) is 0 Å². The standard InChI is InChI=1S/C20H20ClN5O2S/c1-3-16-23-24-20-26(16)25-17(12-4-6-13(21)7-5-12)18(29-20)19(27)22-14-8-10-15(28-2)11-9-14/h4-11,17-18,25H,3H2,1-2H3,(H,22,27)/t17-,18+/m0/s1. The Morgan fingerprint density at radius 3 is 2.59 bits per heavy atom. The van der Waals surface area contributed by atoms with Gasteiger partial charge in [-0.2, -0.15) is 0 Å². The van der Waals surface area contributed by atoms with Crippen LogP contribution in [0.25, 0.3) is 0 Å². The molecule has 0 unspecified atom stereocenters. The van der Waals surface area contributed by atoms with Crippen molar-refractivity contribution in [3.8, 4) is 5.75 Å². The van der Waals surface area contributed by atoms with E-state index in [9.17, 15) is 4.79 Å². The summed E-state index contributed by atoms with van der Waals surface area (Å²) in [6, 6.07) is 14.5. The highest BCUT2D eigenvalue weighted by Gasteiger charge is 2.37. The number of anilines is 1. The quantitative estimate of drug-likeness (QED) is 0.640. The normalized spacial score (nSPS) is 17.9. The zero-order valence-corrected chi connectivity index (χ0v) is 17.5. The fourth-order valence-electron chi connectivity index (χ4n) is 3.14. The van der Waals surface area contributed by atoms with Crippen LogP contribution >= 0.6 is 23.4 Å². The summed E-state index contributed by atoms with van der Waals surface area (Å²) in [5.41, 5.74) is 5.07. The van der Waals surface area contributed by atoms with Crippen molar-refractivity contribution in [1.82, 2.24) is 14.9 Å². The summed E-state index contributed by atoms with van der Waals surface area (Å²) in [5.74, 6) is 1.43. The number of nitrogens with one attached hydrogen (secondary N) is 2. The van der Waals surface area contributed by atoms with E-state index in [1.54, 1.807) is 7.11 Å². The SMILES string of the molecule is CCc1nnc2n1N[C@@H](c1ccc(Cl)cc1)[C@H](C(=O)Nc1ccc(OC)cc1)S2. The number of benzene rings is 2. The summed E-state index contributed by atoms with van der Waals surface area (Å²) in [6.45, 7) is 2.02. The van der Waals surface area contributed by atoms with Gasteiger partial charge in [0, 0.05) is 17.1 Å². The Morgan fingerprint density at radius 2 is 1.93 bits per heavy atom. The molecule has 150 valence electrons. The highest BCUT2D eigenvalue weighted by molar-refractivity contribution is 8.00. The van der Waals surface area contributed by atoms with Crippen LogP contribution in [-0.2, 0) is 11.2 Å². The Morgan fingerprint density at radius 1 is 1.21 bits per heavy atom. The fraction of sp³-hybridized carbons (Fsp3) is 0.250. The van der Waals surface area contributed by atoms with Gasteiger partial charge in [0.1, 0.15) is 11.0 Å². The van der Waals surface area contributed by atoms with Gasteiger partial charge in [-0.3, -0.25) is 4.79 Å². The Bertz CT molecular complexity index is 1010. The lowest BCUT2D eigenvalue weighted by Crippen LogP contribution is -2.41. The second-order valence-electron chi connectivity index (χ2n) is 6.50. The van der Waals surface area contributed by atoms with E-state index in [1.807, 2.05) is 60.1 Å². The number of nitrogens with zero attached hydrogens (tertiary/aromatic N) is 3. The van der Waals surface area contributed by atoms with E-state index >= 15 is 0 Å². The molecule has 0 saturated heterocycles. The molecule has 0 spiro atoms. The lowest BCUT2D eigenvalue weighted by Gasteiger charge is -2.33. The Hall–Kier alpha value is -2.71. The Labute approximate surface area is 177 Å². The van der Waals surface area contributed by atoms with E-state index in [4.69, 9.17) is 16.3 Å². The highest BCUT2D eigenvalue weighted by Crippen LogP contribution is 2.38. The molecular weight excluding hydrogens is 410 g/mol. The van der Waals surface area contributed by atoms with E-state index in [0.717, 1.165) is 23.6 Å². The molecule has 2 heterocycles. The monoisotopic (exact) mass is 429 g/mol. The molecule has 1 aliphatic heterocycles. The van der Waals surface area contributed by atoms with Gasteiger partial charge in [0.25, 0.3) is 0 Å². The van der Waals surface area contributed by atoms with Crippen LogP contribution in [0.1, 0.15) is 24.4 Å². The summed E-state index contributed by atoms with van der Waals surface area (Å²) < 4.78 is 7.03. The molecule has 2 N–H and O–H groups in total. The number of carbonyl (C=O) groups is 1. The minimum Gasteiger partial charge on any atom is -0.497 e. The molecule has 0 fully saturated rings. The van der Waals surface area contributed by atoms with Crippen LogP contribution in [0.3, 0.4) is 0 Å². The topological polar surface area (TPSA) is 81.1 Å². The second-order valence-corrected chi connectivity index (χ2v) is 8.05. The number of fused-ring (bicyclic) bond motifs is 1. The molecule has 1 aliphatic rings. The van der Waals surface area contributed by atoms with Gasteiger partial charge < -0.3 is 15.5 Å². The van der Waals surface area contributed by atoms with Crippen molar-refractivity contribution in [3.05, 3.63) is 64.9 Å². The number of aromatic nitrogens is 3. The van der Waals surface area contributed by atoms with Crippen LogP contribution in [0.5, 0.6) is 5.75 Å². The number of hydrogen-bond donors (Lipinski definition) is 2. The van der Waals surface area contributed by atoms with E-state index in [0.29, 0.717) is 15.9 Å². The third-order valence-electron chi connectivity index (χ3n) is 4.67. The number of halogens is 1. The van der Waals surface area contributed by atoms with Crippen LogP contribution in [0.4, 0.5) is 5.69 Å². The maximum Gasteiger partial charge on any atom is 0.240 e. The maximum atomic E-state index is 13.2. The van der Waals surface area contributed by atoms with E-state index in [-0.39, 0.29) is 11.9 Å². The molecule has 29 heavy (non-hydrogen) atoms. The molecule has 7 nitrogen and oxygen atoms in total. The number of rotatable bonds is 5. The van der Waals surface area contributed by atoms with Crippen molar-refractivity contribution >= 4 is 35.0 Å². The molecule has 9 heteroatoms.